The molecule has 1 N–H and O–H groups in total. The standard InChI is InChI=1S/C21H28N2O2/c1-5-23(6-2)15-19-10-8-7-9-18(19)14-22-21(24)17-12-11-16(3)20(13-17)25-4/h7-13H,5-6,14-15H2,1-4H3,(H,22,24). The zero-order valence-electron chi connectivity index (χ0n) is 15.6. The highest BCUT2D eigenvalue weighted by Gasteiger charge is 2.10. The summed E-state index contributed by atoms with van der Waals surface area (Å²) in [6.07, 6.45) is 0. The fourth-order valence-corrected chi connectivity index (χ4v) is 2.81. The second-order valence-electron chi connectivity index (χ2n) is 6.10. The molecule has 0 saturated carbocycles. The number of nitrogens with one attached hydrogen (secondary N) is 1. The topological polar surface area (TPSA) is 41.6 Å². The SMILES string of the molecule is CCN(CC)Cc1ccccc1CNC(=O)c1ccc(C)c(OC)c1. The second-order valence-corrected chi connectivity index (χ2v) is 6.10. The first-order chi connectivity index (χ1) is 12.1. The molecule has 0 bridgehead atoms. The lowest BCUT2D eigenvalue weighted by Gasteiger charge is -2.20. The predicted octanol–water partition coefficient (Wildman–Crippen LogP) is 3.78. The van der Waals surface area contributed by atoms with Crippen LogP contribution in [0.5, 0.6) is 5.75 Å². The molecule has 0 aliphatic heterocycles. The Morgan fingerprint density at radius 3 is 2.40 bits per heavy atom. The Balaban J connectivity index is 2.07. The quantitative estimate of drug-likeness (QED) is 0.795. The summed E-state index contributed by atoms with van der Waals surface area (Å²) in [5.74, 6) is 0.644. The number of amides is 1. The highest BCUT2D eigenvalue weighted by molar-refractivity contribution is 5.94. The summed E-state index contributed by atoms with van der Waals surface area (Å²) in [4.78, 5) is 14.8. The summed E-state index contributed by atoms with van der Waals surface area (Å²) in [5.41, 5.74) is 4.04. The van der Waals surface area contributed by atoms with Crippen molar-refractivity contribution in [2.45, 2.75) is 33.9 Å². The average Bonchev–Trinajstić information content (AvgIpc) is 2.65. The summed E-state index contributed by atoms with van der Waals surface area (Å²) in [5, 5.41) is 3.02. The Labute approximate surface area is 150 Å². The lowest BCUT2D eigenvalue weighted by atomic mass is 10.1. The maximum atomic E-state index is 12.5. The minimum atomic E-state index is -0.0871. The summed E-state index contributed by atoms with van der Waals surface area (Å²) >= 11 is 0. The fraction of sp³-hybridized carbons (Fsp3) is 0.381. The van der Waals surface area contributed by atoms with Gasteiger partial charge in [-0.05, 0) is 48.8 Å². The molecule has 1 amide bonds. The minimum absolute atomic E-state index is 0.0871. The molecule has 2 aromatic rings. The van der Waals surface area contributed by atoms with Gasteiger partial charge in [-0.3, -0.25) is 9.69 Å². The third kappa shape index (κ3) is 5.07. The van der Waals surface area contributed by atoms with Crippen LogP contribution in [0.4, 0.5) is 0 Å². The van der Waals surface area contributed by atoms with E-state index in [0.29, 0.717) is 12.1 Å². The van der Waals surface area contributed by atoms with Crippen molar-refractivity contribution in [2.24, 2.45) is 0 Å². The first-order valence-electron chi connectivity index (χ1n) is 8.81. The van der Waals surface area contributed by atoms with E-state index in [9.17, 15) is 4.79 Å². The Morgan fingerprint density at radius 2 is 1.76 bits per heavy atom. The number of ether oxygens (including phenoxy) is 1. The van der Waals surface area contributed by atoms with Crippen molar-refractivity contribution < 1.29 is 9.53 Å². The zero-order valence-corrected chi connectivity index (χ0v) is 15.6. The molecule has 0 radical (unpaired) electrons. The van der Waals surface area contributed by atoms with Crippen molar-refractivity contribution in [3.05, 3.63) is 64.7 Å². The lowest BCUT2D eigenvalue weighted by molar-refractivity contribution is 0.0950. The molecule has 4 nitrogen and oxygen atoms in total. The van der Waals surface area contributed by atoms with Gasteiger partial charge in [0, 0.05) is 18.7 Å². The Morgan fingerprint density at radius 1 is 1.08 bits per heavy atom. The van der Waals surface area contributed by atoms with E-state index in [1.807, 2.05) is 25.1 Å². The van der Waals surface area contributed by atoms with Crippen LogP contribution in [0.3, 0.4) is 0 Å². The predicted molar refractivity (Wildman–Crippen MR) is 102 cm³/mol. The van der Waals surface area contributed by atoms with E-state index in [0.717, 1.165) is 36.5 Å². The van der Waals surface area contributed by atoms with Crippen LogP contribution in [0.1, 0.15) is 40.9 Å². The zero-order chi connectivity index (χ0) is 18.2. The number of benzene rings is 2. The number of rotatable bonds is 8. The van der Waals surface area contributed by atoms with Gasteiger partial charge in [-0.25, -0.2) is 0 Å². The second kappa shape index (κ2) is 9.23. The van der Waals surface area contributed by atoms with Crippen LogP contribution < -0.4 is 10.1 Å². The van der Waals surface area contributed by atoms with Crippen LogP contribution >= 0.6 is 0 Å². The molecule has 4 heteroatoms. The summed E-state index contributed by atoms with van der Waals surface area (Å²) in [6.45, 7) is 9.74. The van der Waals surface area contributed by atoms with Gasteiger partial charge in [-0.2, -0.15) is 0 Å². The number of carbonyl (C=O) groups is 1. The normalized spacial score (nSPS) is 10.8. The van der Waals surface area contributed by atoms with E-state index >= 15 is 0 Å². The van der Waals surface area contributed by atoms with Gasteiger partial charge in [0.15, 0.2) is 0 Å². The molecule has 0 saturated heterocycles. The van der Waals surface area contributed by atoms with Crippen molar-refractivity contribution in [3.63, 3.8) is 0 Å². The fourth-order valence-electron chi connectivity index (χ4n) is 2.81. The Kier molecular flexibility index (Phi) is 7.02. The first-order valence-corrected chi connectivity index (χ1v) is 8.81. The molecular weight excluding hydrogens is 312 g/mol. The van der Waals surface area contributed by atoms with Crippen molar-refractivity contribution in [3.8, 4) is 5.75 Å². The van der Waals surface area contributed by atoms with Gasteiger partial charge < -0.3 is 10.1 Å². The van der Waals surface area contributed by atoms with Gasteiger partial charge >= 0.3 is 0 Å². The van der Waals surface area contributed by atoms with Gasteiger partial charge in [0.05, 0.1) is 7.11 Å². The van der Waals surface area contributed by atoms with E-state index < -0.39 is 0 Å². The molecule has 0 fully saturated rings. The maximum Gasteiger partial charge on any atom is 0.251 e. The van der Waals surface area contributed by atoms with E-state index in [4.69, 9.17) is 4.74 Å². The molecule has 0 atom stereocenters. The molecule has 2 rings (SSSR count). The number of carbonyl (C=O) groups excluding carboxylic acids is 1. The molecule has 134 valence electrons. The van der Waals surface area contributed by atoms with Gasteiger partial charge in [-0.15, -0.1) is 0 Å². The van der Waals surface area contributed by atoms with Crippen LogP contribution in [-0.4, -0.2) is 31.0 Å². The smallest absolute Gasteiger partial charge is 0.251 e. The summed E-state index contributed by atoms with van der Waals surface area (Å²) in [6, 6.07) is 13.8. The molecule has 0 spiro atoms. The number of hydrogen-bond donors (Lipinski definition) is 1. The maximum absolute atomic E-state index is 12.5. The number of nitrogens with zero attached hydrogens (tertiary/aromatic N) is 1. The van der Waals surface area contributed by atoms with Crippen molar-refractivity contribution in [1.29, 1.82) is 0 Å². The Hall–Kier alpha value is -2.33. The van der Waals surface area contributed by atoms with Crippen LogP contribution in [0.25, 0.3) is 0 Å². The van der Waals surface area contributed by atoms with Crippen molar-refractivity contribution in [1.82, 2.24) is 10.2 Å². The van der Waals surface area contributed by atoms with Gasteiger partial charge in [0.25, 0.3) is 5.91 Å². The van der Waals surface area contributed by atoms with Crippen LogP contribution in [0.15, 0.2) is 42.5 Å². The first kappa shape index (κ1) is 19.0. The molecule has 25 heavy (non-hydrogen) atoms. The van der Waals surface area contributed by atoms with E-state index in [-0.39, 0.29) is 5.91 Å². The third-order valence-electron chi connectivity index (χ3n) is 4.52. The molecule has 0 unspecified atom stereocenters. The number of aryl methyl sites for hydroxylation is 1. The van der Waals surface area contributed by atoms with Gasteiger partial charge in [-0.1, -0.05) is 44.2 Å². The average molecular weight is 340 g/mol. The van der Waals surface area contributed by atoms with Crippen molar-refractivity contribution in [2.75, 3.05) is 20.2 Å². The number of methoxy groups -OCH3 is 1. The molecule has 0 aliphatic rings. The van der Waals surface area contributed by atoms with Crippen molar-refractivity contribution >= 4 is 5.91 Å². The molecule has 0 aromatic heterocycles. The molecule has 0 heterocycles. The lowest BCUT2D eigenvalue weighted by Crippen LogP contribution is -2.26. The highest BCUT2D eigenvalue weighted by Crippen LogP contribution is 2.19. The third-order valence-corrected chi connectivity index (χ3v) is 4.52. The van der Waals surface area contributed by atoms with E-state index in [2.05, 4.69) is 42.3 Å². The Bertz CT molecular complexity index is 709. The summed E-state index contributed by atoms with van der Waals surface area (Å²) < 4.78 is 5.30. The van der Waals surface area contributed by atoms with E-state index in [1.54, 1.807) is 13.2 Å². The van der Waals surface area contributed by atoms with Gasteiger partial charge in [0.2, 0.25) is 0 Å². The largest absolute Gasteiger partial charge is 0.496 e. The highest BCUT2D eigenvalue weighted by atomic mass is 16.5. The number of hydrogen-bond acceptors (Lipinski definition) is 3. The molecular formula is C21H28N2O2. The molecule has 0 aliphatic carbocycles. The monoisotopic (exact) mass is 340 g/mol. The van der Waals surface area contributed by atoms with Gasteiger partial charge in [0.1, 0.15) is 5.75 Å². The van der Waals surface area contributed by atoms with Crippen LogP contribution in [0.2, 0.25) is 0 Å². The van der Waals surface area contributed by atoms with Crippen LogP contribution in [0, 0.1) is 6.92 Å². The molecule has 2 aromatic carbocycles. The van der Waals surface area contributed by atoms with E-state index in [1.165, 1.54) is 5.56 Å². The summed E-state index contributed by atoms with van der Waals surface area (Å²) in [7, 11) is 1.62. The minimum Gasteiger partial charge on any atom is -0.496 e. The van der Waals surface area contributed by atoms with Crippen LogP contribution in [-0.2, 0) is 13.1 Å².